The first-order valence-electron chi connectivity index (χ1n) is 7.51. The van der Waals surface area contributed by atoms with Crippen LogP contribution in [-0.2, 0) is 6.54 Å². The van der Waals surface area contributed by atoms with E-state index in [0.717, 1.165) is 11.1 Å². The van der Waals surface area contributed by atoms with Gasteiger partial charge in [-0.3, -0.25) is 4.79 Å². The van der Waals surface area contributed by atoms with Crippen molar-refractivity contribution >= 4 is 5.91 Å². The van der Waals surface area contributed by atoms with Crippen molar-refractivity contribution in [3.8, 4) is 23.0 Å². The predicted molar refractivity (Wildman–Crippen MR) is 88.0 cm³/mol. The summed E-state index contributed by atoms with van der Waals surface area (Å²) in [5.74, 6) is 2.37. The summed E-state index contributed by atoms with van der Waals surface area (Å²) in [5, 5.41) is 2.90. The maximum atomic E-state index is 12.3. The average molecular weight is 329 g/mol. The van der Waals surface area contributed by atoms with Gasteiger partial charge in [-0.25, -0.2) is 0 Å². The fourth-order valence-electron chi connectivity index (χ4n) is 2.53. The van der Waals surface area contributed by atoms with Crippen LogP contribution in [0.25, 0.3) is 0 Å². The van der Waals surface area contributed by atoms with Crippen molar-refractivity contribution in [1.29, 1.82) is 0 Å². The first-order chi connectivity index (χ1) is 11.6. The molecule has 0 saturated heterocycles. The van der Waals surface area contributed by atoms with Crippen molar-refractivity contribution in [3.63, 3.8) is 0 Å². The second kappa shape index (κ2) is 6.70. The first-order valence-corrected chi connectivity index (χ1v) is 7.51. The molecule has 3 rings (SSSR count). The number of hydrogen-bond acceptors (Lipinski definition) is 5. The van der Waals surface area contributed by atoms with E-state index in [1.165, 1.54) is 0 Å². The van der Waals surface area contributed by atoms with E-state index in [2.05, 4.69) is 5.32 Å². The Morgan fingerprint density at radius 3 is 2.54 bits per heavy atom. The SMILES string of the molecule is COc1cc(C)c(CNC(=O)c2ccc3c(c2)OCO3)cc1OC. The zero-order valence-electron chi connectivity index (χ0n) is 13.8. The lowest BCUT2D eigenvalue weighted by Crippen LogP contribution is -2.23. The predicted octanol–water partition coefficient (Wildman–Crippen LogP) is 2.67. The fraction of sp³-hybridized carbons (Fsp3) is 0.278. The Kier molecular flexibility index (Phi) is 4.46. The number of ether oxygens (including phenoxy) is 4. The van der Waals surface area contributed by atoms with Crippen molar-refractivity contribution in [3.05, 3.63) is 47.0 Å². The van der Waals surface area contributed by atoms with Gasteiger partial charge in [-0.2, -0.15) is 0 Å². The Morgan fingerprint density at radius 2 is 1.79 bits per heavy atom. The van der Waals surface area contributed by atoms with Gasteiger partial charge in [0.15, 0.2) is 23.0 Å². The topological polar surface area (TPSA) is 66.0 Å². The highest BCUT2D eigenvalue weighted by atomic mass is 16.7. The van der Waals surface area contributed by atoms with Gasteiger partial charge in [-0.05, 0) is 48.4 Å². The molecule has 1 heterocycles. The molecule has 1 aliphatic heterocycles. The highest BCUT2D eigenvalue weighted by molar-refractivity contribution is 5.94. The summed E-state index contributed by atoms with van der Waals surface area (Å²) in [6.45, 7) is 2.54. The monoisotopic (exact) mass is 329 g/mol. The van der Waals surface area contributed by atoms with E-state index < -0.39 is 0 Å². The van der Waals surface area contributed by atoms with Gasteiger partial charge < -0.3 is 24.3 Å². The maximum absolute atomic E-state index is 12.3. The highest BCUT2D eigenvalue weighted by Gasteiger charge is 2.16. The molecule has 2 aromatic carbocycles. The maximum Gasteiger partial charge on any atom is 0.251 e. The number of amides is 1. The molecule has 0 bridgehead atoms. The summed E-state index contributed by atoms with van der Waals surface area (Å²) in [6, 6.07) is 8.89. The Labute approximate surface area is 140 Å². The molecule has 2 aromatic rings. The van der Waals surface area contributed by atoms with Crippen molar-refractivity contribution in [1.82, 2.24) is 5.32 Å². The fourth-order valence-corrected chi connectivity index (χ4v) is 2.53. The Hall–Kier alpha value is -2.89. The second-order valence-electron chi connectivity index (χ2n) is 5.38. The lowest BCUT2D eigenvalue weighted by atomic mass is 10.1. The van der Waals surface area contributed by atoms with Gasteiger partial charge in [-0.15, -0.1) is 0 Å². The quantitative estimate of drug-likeness (QED) is 0.913. The Balaban J connectivity index is 1.72. The van der Waals surface area contributed by atoms with Crippen LogP contribution >= 0.6 is 0 Å². The zero-order chi connectivity index (χ0) is 17.1. The minimum absolute atomic E-state index is 0.178. The minimum atomic E-state index is -0.178. The molecule has 1 amide bonds. The second-order valence-corrected chi connectivity index (χ2v) is 5.38. The summed E-state index contributed by atoms with van der Waals surface area (Å²) in [4.78, 5) is 12.3. The zero-order valence-corrected chi connectivity index (χ0v) is 13.8. The highest BCUT2D eigenvalue weighted by Crippen LogP contribution is 2.33. The summed E-state index contributed by atoms with van der Waals surface area (Å²) < 4.78 is 21.1. The number of carbonyl (C=O) groups excluding carboxylic acids is 1. The van der Waals surface area contributed by atoms with Crippen LogP contribution in [0, 0.1) is 6.92 Å². The van der Waals surface area contributed by atoms with E-state index in [9.17, 15) is 4.79 Å². The molecule has 0 radical (unpaired) electrons. The standard InChI is InChI=1S/C18H19NO5/c1-11-6-15(21-2)16(22-3)8-13(11)9-19-18(20)12-4-5-14-17(7-12)24-10-23-14/h4-8H,9-10H2,1-3H3,(H,19,20). The van der Waals surface area contributed by atoms with E-state index in [4.69, 9.17) is 18.9 Å². The molecule has 0 spiro atoms. The van der Waals surface area contributed by atoms with Crippen molar-refractivity contribution < 1.29 is 23.7 Å². The summed E-state index contributed by atoms with van der Waals surface area (Å²) in [5.41, 5.74) is 2.50. The smallest absolute Gasteiger partial charge is 0.251 e. The number of aryl methyl sites for hydroxylation is 1. The molecular weight excluding hydrogens is 310 g/mol. The van der Waals surface area contributed by atoms with Crippen LogP contribution in [0.3, 0.4) is 0 Å². The lowest BCUT2D eigenvalue weighted by Gasteiger charge is -2.13. The van der Waals surface area contributed by atoms with Gasteiger partial charge >= 0.3 is 0 Å². The van der Waals surface area contributed by atoms with Gasteiger partial charge in [0.05, 0.1) is 14.2 Å². The van der Waals surface area contributed by atoms with E-state index in [0.29, 0.717) is 35.1 Å². The largest absolute Gasteiger partial charge is 0.493 e. The van der Waals surface area contributed by atoms with E-state index >= 15 is 0 Å². The summed E-state index contributed by atoms with van der Waals surface area (Å²) >= 11 is 0. The third kappa shape index (κ3) is 3.08. The minimum Gasteiger partial charge on any atom is -0.493 e. The summed E-state index contributed by atoms with van der Waals surface area (Å²) in [6.07, 6.45) is 0. The number of carbonyl (C=O) groups is 1. The molecule has 126 valence electrons. The molecule has 6 heteroatoms. The number of rotatable bonds is 5. The number of nitrogens with one attached hydrogen (secondary N) is 1. The molecule has 6 nitrogen and oxygen atoms in total. The van der Waals surface area contributed by atoms with E-state index in [-0.39, 0.29) is 12.7 Å². The number of methoxy groups -OCH3 is 2. The molecule has 0 fully saturated rings. The van der Waals surface area contributed by atoms with Crippen LogP contribution in [0.15, 0.2) is 30.3 Å². The number of fused-ring (bicyclic) bond motifs is 1. The van der Waals surface area contributed by atoms with Gasteiger partial charge in [0.25, 0.3) is 5.91 Å². The molecule has 0 aromatic heterocycles. The van der Waals surface area contributed by atoms with Crippen LogP contribution in [0.2, 0.25) is 0 Å². The molecule has 1 aliphatic rings. The van der Waals surface area contributed by atoms with Gasteiger partial charge in [0, 0.05) is 12.1 Å². The van der Waals surface area contributed by atoms with Crippen molar-refractivity contribution in [2.24, 2.45) is 0 Å². The third-order valence-corrected chi connectivity index (χ3v) is 3.92. The van der Waals surface area contributed by atoms with Crippen LogP contribution in [0.1, 0.15) is 21.5 Å². The van der Waals surface area contributed by atoms with Crippen LogP contribution < -0.4 is 24.3 Å². The molecule has 1 N–H and O–H groups in total. The van der Waals surface area contributed by atoms with Crippen molar-refractivity contribution in [2.75, 3.05) is 21.0 Å². The normalized spacial score (nSPS) is 12.0. The van der Waals surface area contributed by atoms with Gasteiger partial charge in [0.1, 0.15) is 0 Å². The molecule has 0 unspecified atom stereocenters. The Morgan fingerprint density at radius 1 is 1.08 bits per heavy atom. The van der Waals surface area contributed by atoms with Crippen molar-refractivity contribution in [2.45, 2.75) is 13.5 Å². The van der Waals surface area contributed by atoms with Gasteiger partial charge in [0.2, 0.25) is 6.79 Å². The first kappa shape index (κ1) is 16.0. The number of benzene rings is 2. The lowest BCUT2D eigenvalue weighted by molar-refractivity contribution is 0.0950. The van der Waals surface area contributed by atoms with E-state index in [1.807, 2.05) is 19.1 Å². The molecule has 24 heavy (non-hydrogen) atoms. The number of hydrogen-bond donors (Lipinski definition) is 1. The average Bonchev–Trinajstić information content (AvgIpc) is 3.07. The van der Waals surface area contributed by atoms with Crippen LogP contribution in [0.4, 0.5) is 0 Å². The molecular formula is C18H19NO5. The molecule has 0 aliphatic carbocycles. The Bertz CT molecular complexity index is 772. The van der Waals surface area contributed by atoms with Gasteiger partial charge in [-0.1, -0.05) is 0 Å². The molecule has 0 atom stereocenters. The van der Waals surface area contributed by atoms with E-state index in [1.54, 1.807) is 32.4 Å². The third-order valence-electron chi connectivity index (χ3n) is 3.92. The van der Waals surface area contributed by atoms with Crippen LogP contribution in [0.5, 0.6) is 23.0 Å². The molecule has 0 saturated carbocycles. The summed E-state index contributed by atoms with van der Waals surface area (Å²) in [7, 11) is 3.18. The van der Waals surface area contributed by atoms with Crippen LogP contribution in [-0.4, -0.2) is 26.9 Å².